The molecule has 0 aliphatic heterocycles. The molecule has 0 atom stereocenters. The fourth-order valence-electron chi connectivity index (χ4n) is 3.01. The Labute approximate surface area is 157 Å². The Bertz CT molecular complexity index is 1210. The zero-order valence-corrected chi connectivity index (χ0v) is 16.2. The third kappa shape index (κ3) is 3.33. The largest absolute Gasteiger partial charge is 0.317 e. The van der Waals surface area contributed by atoms with Crippen LogP contribution in [0.3, 0.4) is 0 Å². The zero-order chi connectivity index (χ0) is 19.8. The van der Waals surface area contributed by atoms with Crippen molar-refractivity contribution in [1.29, 1.82) is 0 Å². The molecule has 0 unspecified atom stereocenters. The van der Waals surface area contributed by atoms with Crippen molar-refractivity contribution in [3.05, 3.63) is 74.8 Å². The van der Waals surface area contributed by atoms with Crippen molar-refractivity contribution in [2.24, 2.45) is 0 Å². The van der Waals surface area contributed by atoms with Gasteiger partial charge in [0.25, 0.3) is 0 Å². The molecule has 27 heavy (non-hydrogen) atoms. The fourth-order valence-corrected chi connectivity index (χ4v) is 3.93. The van der Waals surface area contributed by atoms with E-state index in [1.807, 2.05) is 30.3 Å². The lowest BCUT2D eigenvalue weighted by atomic mass is 10.2. The first-order chi connectivity index (χ1) is 12.8. The molecule has 7 nitrogen and oxygen atoms in total. The Morgan fingerprint density at radius 3 is 2.11 bits per heavy atom. The predicted octanol–water partition coefficient (Wildman–Crippen LogP) is 1.48. The smallest absolute Gasteiger partial charge is 0.302 e. The lowest BCUT2D eigenvalue weighted by Crippen LogP contribution is -2.41. The van der Waals surface area contributed by atoms with Crippen LogP contribution in [0.2, 0.25) is 0 Å². The van der Waals surface area contributed by atoms with Crippen LogP contribution in [-0.4, -0.2) is 36.0 Å². The Kier molecular flexibility index (Phi) is 5.03. The lowest BCUT2D eigenvalue weighted by Gasteiger charge is -2.17. The molecule has 0 radical (unpaired) electrons. The fraction of sp³-hybridized carbons (Fsp3) is 0.263. The van der Waals surface area contributed by atoms with Crippen LogP contribution in [0.25, 0.3) is 11.0 Å². The molecule has 2 aromatic carbocycles. The summed E-state index contributed by atoms with van der Waals surface area (Å²) in [6.07, 6.45) is 0. The first-order valence-corrected chi connectivity index (χ1v) is 9.95. The highest BCUT2D eigenvalue weighted by Gasteiger charge is 2.20. The molecule has 0 amide bonds. The van der Waals surface area contributed by atoms with Crippen molar-refractivity contribution in [3.63, 3.8) is 0 Å². The number of benzene rings is 2. The van der Waals surface area contributed by atoms with Gasteiger partial charge in [-0.3, -0.25) is 14.2 Å². The van der Waals surface area contributed by atoms with Crippen molar-refractivity contribution < 1.29 is 8.42 Å². The van der Waals surface area contributed by atoms with Gasteiger partial charge in [0.15, 0.2) is 0 Å². The van der Waals surface area contributed by atoms with Crippen molar-refractivity contribution in [1.82, 2.24) is 13.4 Å². The van der Waals surface area contributed by atoms with Crippen LogP contribution in [0, 0.1) is 0 Å². The summed E-state index contributed by atoms with van der Waals surface area (Å²) in [4.78, 5) is 25.3. The van der Waals surface area contributed by atoms with E-state index in [9.17, 15) is 18.0 Å². The Morgan fingerprint density at radius 1 is 0.889 bits per heavy atom. The molecule has 0 bridgehead atoms. The topological polar surface area (TPSA) is 81.4 Å². The van der Waals surface area contributed by atoms with Gasteiger partial charge < -0.3 is 4.57 Å². The van der Waals surface area contributed by atoms with E-state index in [1.165, 1.54) is 35.4 Å². The average molecular weight is 387 g/mol. The third-order valence-electron chi connectivity index (χ3n) is 4.48. The molecule has 1 heterocycles. The van der Waals surface area contributed by atoms with Gasteiger partial charge in [-0.25, -0.2) is 12.7 Å². The highest BCUT2D eigenvalue weighted by atomic mass is 32.2. The highest BCUT2D eigenvalue weighted by Crippen LogP contribution is 2.20. The van der Waals surface area contributed by atoms with Crippen LogP contribution >= 0.6 is 0 Å². The number of hydrogen-bond acceptors (Lipinski definition) is 4. The van der Waals surface area contributed by atoms with Gasteiger partial charge in [0, 0.05) is 20.6 Å². The van der Waals surface area contributed by atoms with Crippen LogP contribution in [0.1, 0.15) is 12.5 Å². The van der Waals surface area contributed by atoms with E-state index >= 15 is 0 Å². The summed E-state index contributed by atoms with van der Waals surface area (Å²) in [5.41, 5.74) is 0.483. The minimum atomic E-state index is -3.67. The van der Waals surface area contributed by atoms with Crippen LogP contribution < -0.4 is 11.1 Å². The summed E-state index contributed by atoms with van der Waals surface area (Å²) < 4.78 is 28.9. The second kappa shape index (κ2) is 7.13. The van der Waals surface area contributed by atoms with Crippen molar-refractivity contribution in [2.75, 3.05) is 14.1 Å². The van der Waals surface area contributed by atoms with E-state index in [4.69, 9.17) is 0 Å². The molecule has 142 valence electrons. The molecule has 0 fully saturated rings. The third-order valence-corrected chi connectivity index (χ3v) is 6.29. The maximum atomic E-state index is 12.7. The molecule has 0 aliphatic rings. The number of hydrogen-bond donors (Lipinski definition) is 0. The Balaban J connectivity index is 2.37. The van der Waals surface area contributed by atoms with E-state index in [0.29, 0.717) is 17.6 Å². The molecule has 8 heteroatoms. The van der Waals surface area contributed by atoms with E-state index < -0.39 is 21.1 Å². The maximum absolute atomic E-state index is 12.7. The summed E-state index contributed by atoms with van der Waals surface area (Å²) in [7, 11) is -0.774. The van der Waals surface area contributed by atoms with Gasteiger partial charge in [0.1, 0.15) is 0 Å². The van der Waals surface area contributed by atoms with Gasteiger partial charge in [-0.1, -0.05) is 30.3 Å². The quantitative estimate of drug-likeness (QED) is 0.621. The second-order valence-electron chi connectivity index (χ2n) is 6.36. The maximum Gasteiger partial charge on any atom is 0.317 e. The van der Waals surface area contributed by atoms with E-state index in [0.717, 1.165) is 9.87 Å². The van der Waals surface area contributed by atoms with Gasteiger partial charge in [-0.15, -0.1) is 0 Å². The van der Waals surface area contributed by atoms with Crippen molar-refractivity contribution >= 4 is 21.1 Å². The van der Waals surface area contributed by atoms with E-state index in [2.05, 4.69) is 0 Å². The number of aryl methyl sites for hydroxylation is 1. The summed E-state index contributed by atoms with van der Waals surface area (Å²) in [5, 5.41) is 0. The number of fused-ring (bicyclic) bond motifs is 1. The highest BCUT2D eigenvalue weighted by molar-refractivity contribution is 7.89. The van der Waals surface area contributed by atoms with Gasteiger partial charge >= 0.3 is 11.1 Å². The molecule has 0 aliphatic carbocycles. The molecular weight excluding hydrogens is 366 g/mol. The minimum Gasteiger partial charge on any atom is -0.302 e. The summed E-state index contributed by atoms with van der Waals surface area (Å²) in [6, 6.07) is 13.8. The molecule has 3 aromatic rings. The SMILES string of the molecule is CCn1c(=O)c(=O)n(Cc2ccccc2)c2cc(S(=O)(=O)N(C)C)ccc21. The number of nitrogens with zero attached hydrogens (tertiary/aromatic N) is 3. The normalized spacial score (nSPS) is 12.0. The Morgan fingerprint density at radius 2 is 1.52 bits per heavy atom. The Hall–Kier alpha value is -2.71. The zero-order valence-electron chi connectivity index (χ0n) is 15.4. The van der Waals surface area contributed by atoms with Gasteiger partial charge in [-0.05, 0) is 30.7 Å². The molecule has 0 saturated heterocycles. The summed E-state index contributed by atoms with van der Waals surface area (Å²) in [5.74, 6) is 0. The van der Waals surface area contributed by atoms with E-state index in [-0.39, 0.29) is 11.4 Å². The first-order valence-electron chi connectivity index (χ1n) is 8.51. The minimum absolute atomic E-state index is 0.0718. The number of aromatic nitrogens is 2. The van der Waals surface area contributed by atoms with Crippen LogP contribution in [0.4, 0.5) is 0 Å². The van der Waals surface area contributed by atoms with Gasteiger partial charge in [0.2, 0.25) is 10.0 Å². The molecule has 1 aromatic heterocycles. The second-order valence-corrected chi connectivity index (χ2v) is 8.52. The average Bonchev–Trinajstić information content (AvgIpc) is 2.66. The van der Waals surface area contributed by atoms with Crippen LogP contribution in [0.15, 0.2) is 63.0 Å². The van der Waals surface area contributed by atoms with Gasteiger partial charge in [-0.2, -0.15) is 0 Å². The van der Waals surface area contributed by atoms with Crippen molar-refractivity contribution in [2.45, 2.75) is 24.9 Å². The van der Waals surface area contributed by atoms with Crippen LogP contribution in [0.5, 0.6) is 0 Å². The summed E-state index contributed by atoms with van der Waals surface area (Å²) >= 11 is 0. The standard InChI is InChI=1S/C19H21N3O4S/c1-4-21-16-11-10-15(27(25,26)20(2)3)12-17(16)22(19(24)18(21)23)13-14-8-6-5-7-9-14/h5-12H,4,13H2,1-3H3. The number of sulfonamides is 1. The first kappa shape index (κ1) is 19.1. The molecule has 0 saturated carbocycles. The number of rotatable bonds is 5. The molecule has 0 N–H and O–H groups in total. The summed E-state index contributed by atoms with van der Waals surface area (Å²) in [6.45, 7) is 2.27. The monoisotopic (exact) mass is 387 g/mol. The molecule has 0 spiro atoms. The van der Waals surface area contributed by atoms with Crippen LogP contribution in [-0.2, 0) is 23.1 Å². The predicted molar refractivity (Wildman–Crippen MR) is 105 cm³/mol. The lowest BCUT2D eigenvalue weighted by molar-refractivity contribution is 0.521. The molecule has 3 rings (SSSR count). The van der Waals surface area contributed by atoms with Crippen molar-refractivity contribution in [3.8, 4) is 0 Å². The van der Waals surface area contributed by atoms with Gasteiger partial charge in [0.05, 0.1) is 22.5 Å². The van der Waals surface area contributed by atoms with E-state index in [1.54, 1.807) is 13.0 Å². The molecular formula is C19H21N3O4S.